The number of H-pyrrole nitrogens is 1. The molecule has 2 heterocycles. The van der Waals surface area contributed by atoms with Gasteiger partial charge in [0.25, 0.3) is 0 Å². The minimum absolute atomic E-state index is 0.252. The maximum absolute atomic E-state index is 6.26. The highest BCUT2D eigenvalue weighted by Gasteiger charge is 2.37. The van der Waals surface area contributed by atoms with Crippen molar-refractivity contribution in [3.63, 3.8) is 0 Å². The van der Waals surface area contributed by atoms with Crippen LogP contribution < -0.4 is 0 Å². The number of aromatic nitrogens is 3. The number of aromatic amines is 1. The van der Waals surface area contributed by atoms with Crippen LogP contribution in [-0.2, 0) is 11.3 Å². The highest BCUT2D eigenvalue weighted by atomic mass is 16.5. The molecule has 1 aromatic carbocycles. The zero-order valence-electron chi connectivity index (χ0n) is 15.7. The van der Waals surface area contributed by atoms with E-state index in [1.165, 1.54) is 37.7 Å². The van der Waals surface area contributed by atoms with Gasteiger partial charge in [-0.2, -0.15) is 5.10 Å². The molecule has 2 fully saturated rings. The molecule has 26 heavy (non-hydrogen) atoms. The van der Waals surface area contributed by atoms with Crippen LogP contribution in [0.1, 0.15) is 61.8 Å². The van der Waals surface area contributed by atoms with Gasteiger partial charge in [0.15, 0.2) is 5.82 Å². The van der Waals surface area contributed by atoms with Gasteiger partial charge in [-0.05, 0) is 37.7 Å². The summed E-state index contributed by atoms with van der Waals surface area (Å²) >= 11 is 0. The monoisotopic (exact) mass is 354 g/mol. The summed E-state index contributed by atoms with van der Waals surface area (Å²) in [5.74, 6) is 2.65. The van der Waals surface area contributed by atoms with E-state index in [1.54, 1.807) is 0 Å². The number of nitrogens with one attached hydrogen (secondary N) is 1. The Morgan fingerprint density at radius 1 is 1.15 bits per heavy atom. The summed E-state index contributed by atoms with van der Waals surface area (Å²) in [5.41, 5.74) is 1.24. The number of hydrogen-bond donors (Lipinski definition) is 1. The molecule has 0 amide bonds. The smallest absolute Gasteiger partial charge is 0.167 e. The summed E-state index contributed by atoms with van der Waals surface area (Å²) in [5, 5.41) is 7.47. The van der Waals surface area contributed by atoms with E-state index in [1.807, 2.05) is 13.0 Å². The van der Waals surface area contributed by atoms with Crippen molar-refractivity contribution in [3.8, 4) is 0 Å². The summed E-state index contributed by atoms with van der Waals surface area (Å²) in [7, 11) is 0. The van der Waals surface area contributed by atoms with E-state index in [0.717, 1.165) is 37.1 Å². The fourth-order valence-corrected chi connectivity index (χ4v) is 4.45. The summed E-state index contributed by atoms with van der Waals surface area (Å²) in [6, 6.07) is 10.7. The molecule has 2 aliphatic rings. The number of ether oxygens (including phenoxy) is 1. The lowest BCUT2D eigenvalue weighted by Gasteiger charge is -2.29. The average Bonchev–Trinajstić information content (AvgIpc) is 3.28. The van der Waals surface area contributed by atoms with Gasteiger partial charge in [0.05, 0.1) is 18.8 Å². The van der Waals surface area contributed by atoms with Crippen LogP contribution in [0.3, 0.4) is 0 Å². The molecule has 1 aliphatic heterocycles. The molecular weight excluding hydrogens is 324 g/mol. The number of nitrogens with zero attached hydrogens (tertiary/aromatic N) is 3. The summed E-state index contributed by atoms with van der Waals surface area (Å²) in [6.07, 6.45) is 8.15. The van der Waals surface area contributed by atoms with Crippen molar-refractivity contribution in [2.24, 2.45) is 5.92 Å². The van der Waals surface area contributed by atoms with E-state index in [-0.39, 0.29) is 12.1 Å². The molecule has 0 bridgehead atoms. The molecule has 0 unspecified atom stereocenters. The van der Waals surface area contributed by atoms with Crippen LogP contribution in [0.25, 0.3) is 0 Å². The highest BCUT2D eigenvalue weighted by Crippen LogP contribution is 2.35. The maximum atomic E-state index is 6.26. The average molecular weight is 354 g/mol. The first-order valence-electron chi connectivity index (χ1n) is 10.1. The van der Waals surface area contributed by atoms with Gasteiger partial charge in [0, 0.05) is 13.1 Å². The van der Waals surface area contributed by atoms with Crippen LogP contribution in [0.2, 0.25) is 0 Å². The van der Waals surface area contributed by atoms with Crippen LogP contribution in [0.15, 0.2) is 30.3 Å². The van der Waals surface area contributed by atoms with Gasteiger partial charge in [0.1, 0.15) is 5.82 Å². The molecule has 1 saturated carbocycles. The Labute approximate surface area is 156 Å². The third-order valence-corrected chi connectivity index (χ3v) is 5.82. The van der Waals surface area contributed by atoms with Crippen molar-refractivity contribution >= 4 is 0 Å². The van der Waals surface area contributed by atoms with Crippen molar-refractivity contribution in [2.75, 3.05) is 13.1 Å². The molecule has 1 aliphatic carbocycles. The van der Waals surface area contributed by atoms with Gasteiger partial charge < -0.3 is 4.74 Å². The minimum atomic E-state index is 0.252. The first-order chi connectivity index (χ1) is 12.8. The lowest BCUT2D eigenvalue weighted by atomic mass is 9.89. The van der Waals surface area contributed by atoms with E-state index >= 15 is 0 Å². The predicted octanol–water partition coefficient (Wildman–Crippen LogP) is 4.03. The van der Waals surface area contributed by atoms with E-state index in [4.69, 9.17) is 4.74 Å². The molecular formula is C21H30N4O. The molecule has 0 radical (unpaired) electrons. The molecule has 0 spiro atoms. The van der Waals surface area contributed by atoms with Crippen molar-refractivity contribution in [3.05, 3.63) is 47.5 Å². The summed E-state index contributed by atoms with van der Waals surface area (Å²) < 4.78 is 6.26. The SMILES string of the molecule is Cc1nc([C@@H]2C[C@H](OCc3ccccc3)CN2CC2CCCCC2)n[nH]1. The van der Waals surface area contributed by atoms with Gasteiger partial charge >= 0.3 is 0 Å². The van der Waals surface area contributed by atoms with Crippen molar-refractivity contribution in [1.82, 2.24) is 20.1 Å². The Balaban J connectivity index is 1.41. The van der Waals surface area contributed by atoms with E-state index in [9.17, 15) is 0 Å². The standard InChI is InChI=1S/C21H30N4O/c1-16-22-21(24-23-16)20-12-19(26-15-18-10-6-3-7-11-18)14-25(20)13-17-8-4-2-5-9-17/h3,6-7,10-11,17,19-20H,2,4-5,8-9,12-15H2,1H3,(H,22,23,24)/t19-,20-/m0/s1. The zero-order valence-corrected chi connectivity index (χ0v) is 15.7. The van der Waals surface area contributed by atoms with Crippen LogP contribution in [0, 0.1) is 12.8 Å². The second kappa shape index (κ2) is 8.31. The first-order valence-corrected chi connectivity index (χ1v) is 10.1. The number of benzene rings is 1. The number of aryl methyl sites for hydroxylation is 1. The van der Waals surface area contributed by atoms with E-state index in [2.05, 4.69) is 44.3 Å². The topological polar surface area (TPSA) is 54.0 Å². The van der Waals surface area contributed by atoms with Gasteiger partial charge in [0.2, 0.25) is 0 Å². The Kier molecular flexibility index (Phi) is 5.65. The molecule has 1 aromatic heterocycles. The number of likely N-dealkylation sites (tertiary alicyclic amines) is 1. The molecule has 1 saturated heterocycles. The lowest BCUT2D eigenvalue weighted by molar-refractivity contribution is 0.0450. The molecule has 4 rings (SSSR count). The highest BCUT2D eigenvalue weighted by molar-refractivity contribution is 5.13. The quantitative estimate of drug-likeness (QED) is 0.851. The minimum Gasteiger partial charge on any atom is -0.372 e. The second-order valence-corrected chi connectivity index (χ2v) is 7.91. The van der Waals surface area contributed by atoms with Gasteiger partial charge in [-0.1, -0.05) is 49.6 Å². The Hall–Kier alpha value is -1.72. The Morgan fingerprint density at radius 3 is 2.69 bits per heavy atom. The third kappa shape index (κ3) is 4.33. The molecule has 1 N–H and O–H groups in total. The van der Waals surface area contributed by atoms with Crippen LogP contribution in [-0.4, -0.2) is 39.3 Å². The van der Waals surface area contributed by atoms with Crippen molar-refractivity contribution < 1.29 is 4.74 Å². The van der Waals surface area contributed by atoms with E-state index in [0.29, 0.717) is 6.61 Å². The molecule has 140 valence electrons. The first kappa shape index (κ1) is 17.7. The Morgan fingerprint density at radius 2 is 1.96 bits per heavy atom. The maximum Gasteiger partial charge on any atom is 0.167 e. The molecule has 2 atom stereocenters. The summed E-state index contributed by atoms with van der Waals surface area (Å²) in [6.45, 7) is 4.80. The fourth-order valence-electron chi connectivity index (χ4n) is 4.45. The zero-order chi connectivity index (χ0) is 17.8. The van der Waals surface area contributed by atoms with Gasteiger partial charge in [-0.15, -0.1) is 0 Å². The van der Waals surface area contributed by atoms with Crippen LogP contribution in [0.4, 0.5) is 0 Å². The fraction of sp³-hybridized carbons (Fsp3) is 0.619. The largest absolute Gasteiger partial charge is 0.372 e. The predicted molar refractivity (Wildman–Crippen MR) is 102 cm³/mol. The van der Waals surface area contributed by atoms with Crippen molar-refractivity contribution in [2.45, 2.75) is 64.2 Å². The third-order valence-electron chi connectivity index (χ3n) is 5.82. The summed E-state index contributed by atoms with van der Waals surface area (Å²) in [4.78, 5) is 7.20. The molecule has 2 aromatic rings. The normalized spacial score (nSPS) is 25.0. The van der Waals surface area contributed by atoms with Crippen molar-refractivity contribution in [1.29, 1.82) is 0 Å². The Bertz CT molecular complexity index is 680. The number of rotatable bonds is 6. The van der Waals surface area contributed by atoms with E-state index < -0.39 is 0 Å². The molecule has 5 heteroatoms. The van der Waals surface area contributed by atoms with Gasteiger partial charge in [-0.3, -0.25) is 10.00 Å². The molecule has 5 nitrogen and oxygen atoms in total. The number of hydrogen-bond acceptors (Lipinski definition) is 4. The second-order valence-electron chi connectivity index (χ2n) is 7.91. The lowest BCUT2D eigenvalue weighted by Crippen LogP contribution is -2.32. The van der Waals surface area contributed by atoms with Crippen LogP contribution >= 0.6 is 0 Å². The van der Waals surface area contributed by atoms with Gasteiger partial charge in [-0.25, -0.2) is 4.98 Å². The van der Waals surface area contributed by atoms with Crippen LogP contribution in [0.5, 0.6) is 0 Å².